The van der Waals surface area contributed by atoms with Gasteiger partial charge in [0.2, 0.25) is 0 Å². The van der Waals surface area contributed by atoms with E-state index in [2.05, 4.69) is 47.6 Å². The molecule has 1 unspecified atom stereocenters. The molecule has 96 valence electrons. The van der Waals surface area contributed by atoms with E-state index in [1.54, 1.807) is 7.11 Å². The van der Waals surface area contributed by atoms with Gasteiger partial charge in [0.25, 0.3) is 0 Å². The average molecular weight is 236 g/mol. The van der Waals surface area contributed by atoms with Crippen LogP contribution in [0.15, 0.2) is 30.3 Å². The Morgan fingerprint density at radius 2 is 1.94 bits per heavy atom. The molecule has 1 rings (SSSR count). The standard InChI is InChI=1S/C14H24N2O/c1-15-14(13-7-5-4-6-8-13)9-10-16(2)11-12-17-3/h4-8,14-15H,9-12H2,1-3H3. The Morgan fingerprint density at radius 3 is 2.53 bits per heavy atom. The van der Waals surface area contributed by atoms with Gasteiger partial charge in [-0.2, -0.15) is 0 Å². The van der Waals surface area contributed by atoms with E-state index in [-0.39, 0.29) is 0 Å². The Bertz CT molecular complexity index is 290. The summed E-state index contributed by atoms with van der Waals surface area (Å²) in [7, 11) is 5.90. The molecule has 0 saturated carbocycles. The van der Waals surface area contributed by atoms with E-state index in [0.29, 0.717) is 6.04 Å². The maximum atomic E-state index is 5.07. The van der Waals surface area contributed by atoms with Gasteiger partial charge in [-0.3, -0.25) is 0 Å². The maximum absolute atomic E-state index is 5.07. The third kappa shape index (κ3) is 5.31. The van der Waals surface area contributed by atoms with Crippen molar-refractivity contribution >= 4 is 0 Å². The van der Waals surface area contributed by atoms with Crippen molar-refractivity contribution in [3.63, 3.8) is 0 Å². The lowest BCUT2D eigenvalue weighted by Gasteiger charge is -2.21. The zero-order chi connectivity index (χ0) is 12.5. The third-order valence-corrected chi connectivity index (χ3v) is 3.03. The molecule has 0 aliphatic carbocycles. The predicted molar refractivity (Wildman–Crippen MR) is 72.2 cm³/mol. The first kappa shape index (κ1) is 14.2. The van der Waals surface area contributed by atoms with Gasteiger partial charge >= 0.3 is 0 Å². The third-order valence-electron chi connectivity index (χ3n) is 3.03. The van der Waals surface area contributed by atoms with Crippen molar-refractivity contribution in [2.24, 2.45) is 0 Å². The molecule has 17 heavy (non-hydrogen) atoms. The summed E-state index contributed by atoms with van der Waals surface area (Å²) in [5.74, 6) is 0. The van der Waals surface area contributed by atoms with E-state index >= 15 is 0 Å². The van der Waals surface area contributed by atoms with Crippen molar-refractivity contribution in [2.75, 3.05) is 40.9 Å². The smallest absolute Gasteiger partial charge is 0.0589 e. The van der Waals surface area contributed by atoms with Crippen LogP contribution in [0.4, 0.5) is 0 Å². The van der Waals surface area contributed by atoms with Crippen LogP contribution in [-0.2, 0) is 4.74 Å². The molecule has 0 aliphatic heterocycles. The van der Waals surface area contributed by atoms with E-state index in [1.807, 2.05) is 7.05 Å². The molecular weight excluding hydrogens is 212 g/mol. The van der Waals surface area contributed by atoms with Gasteiger partial charge in [-0.1, -0.05) is 30.3 Å². The molecule has 0 bridgehead atoms. The van der Waals surface area contributed by atoms with Crippen molar-refractivity contribution in [1.29, 1.82) is 0 Å². The summed E-state index contributed by atoms with van der Waals surface area (Å²) in [6.07, 6.45) is 1.11. The van der Waals surface area contributed by atoms with Gasteiger partial charge in [0.15, 0.2) is 0 Å². The van der Waals surface area contributed by atoms with Gasteiger partial charge in [0.1, 0.15) is 0 Å². The molecule has 3 heteroatoms. The molecule has 0 saturated heterocycles. The van der Waals surface area contributed by atoms with E-state index in [9.17, 15) is 0 Å². The highest BCUT2D eigenvalue weighted by Gasteiger charge is 2.09. The molecule has 1 aromatic rings. The van der Waals surface area contributed by atoms with Crippen molar-refractivity contribution in [3.8, 4) is 0 Å². The van der Waals surface area contributed by atoms with Crippen LogP contribution in [0.25, 0.3) is 0 Å². The lowest BCUT2D eigenvalue weighted by atomic mass is 10.0. The highest BCUT2D eigenvalue weighted by molar-refractivity contribution is 5.18. The molecule has 0 aliphatic rings. The van der Waals surface area contributed by atoms with E-state index in [4.69, 9.17) is 4.74 Å². The van der Waals surface area contributed by atoms with E-state index in [0.717, 1.165) is 26.1 Å². The largest absolute Gasteiger partial charge is 0.383 e. The highest BCUT2D eigenvalue weighted by atomic mass is 16.5. The van der Waals surface area contributed by atoms with E-state index < -0.39 is 0 Å². The zero-order valence-electron chi connectivity index (χ0n) is 11.1. The number of hydrogen-bond donors (Lipinski definition) is 1. The van der Waals surface area contributed by atoms with Crippen molar-refractivity contribution in [1.82, 2.24) is 10.2 Å². The van der Waals surface area contributed by atoms with Crippen LogP contribution in [0, 0.1) is 0 Å². The van der Waals surface area contributed by atoms with Gasteiger partial charge < -0.3 is 15.0 Å². The normalized spacial score (nSPS) is 12.9. The van der Waals surface area contributed by atoms with Gasteiger partial charge in [-0.05, 0) is 32.6 Å². The summed E-state index contributed by atoms with van der Waals surface area (Å²) in [6.45, 7) is 2.86. The monoisotopic (exact) mass is 236 g/mol. The molecule has 1 aromatic carbocycles. The first-order valence-electron chi connectivity index (χ1n) is 6.17. The van der Waals surface area contributed by atoms with Gasteiger partial charge in [-0.15, -0.1) is 0 Å². The molecule has 0 amide bonds. The molecule has 1 atom stereocenters. The van der Waals surface area contributed by atoms with Gasteiger partial charge in [0.05, 0.1) is 6.61 Å². The number of ether oxygens (including phenoxy) is 1. The number of benzene rings is 1. The summed E-state index contributed by atoms with van der Waals surface area (Å²) < 4.78 is 5.07. The summed E-state index contributed by atoms with van der Waals surface area (Å²) in [5.41, 5.74) is 1.36. The van der Waals surface area contributed by atoms with Crippen molar-refractivity contribution in [2.45, 2.75) is 12.5 Å². The fraction of sp³-hybridized carbons (Fsp3) is 0.571. The summed E-state index contributed by atoms with van der Waals surface area (Å²) in [4.78, 5) is 2.30. The molecule has 0 aromatic heterocycles. The highest BCUT2D eigenvalue weighted by Crippen LogP contribution is 2.15. The first-order valence-corrected chi connectivity index (χ1v) is 6.17. The number of likely N-dealkylation sites (N-methyl/N-ethyl adjacent to an activating group) is 1. The zero-order valence-corrected chi connectivity index (χ0v) is 11.1. The Labute approximate surface area is 105 Å². The van der Waals surface area contributed by atoms with Crippen LogP contribution in [-0.4, -0.2) is 45.8 Å². The Hall–Kier alpha value is -0.900. The number of hydrogen-bond acceptors (Lipinski definition) is 3. The van der Waals surface area contributed by atoms with Gasteiger partial charge in [-0.25, -0.2) is 0 Å². The van der Waals surface area contributed by atoms with Crippen LogP contribution in [0.2, 0.25) is 0 Å². The summed E-state index contributed by atoms with van der Waals surface area (Å²) in [5, 5.41) is 3.37. The Kier molecular flexibility index (Phi) is 6.86. The van der Waals surface area contributed by atoms with Gasteiger partial charge in [0, 0.05) is 19.7 Å². The Morgan fingerprint density at radius 1 is 1.24 bits per heavy atom. The second-order valence-corrected chi connectivity index (χ2v) is 4.34. The number of nitrogens with one attached hydrogen (secondary N) is 1. The molecular formula is C14H24N2O. The molecule has 0 fully saturated rings. The quantitative estimate of drug-likeness (QED) is 0.746. The number of rotatable bonds is 8. The molecule has 0 heterocycles. The molecule has 1 N–H and O–H groups in total. The van der Waals surface area contributed by atoms with E-state index in [1.165, 1.54) is 5.56 Å². The predicted octanol–water partition coefficient (Wildman–Crippen LogP) is 1.92. The average Bonchev–Trinajstić information content (AvgIpc) is 2.38. The molecule has 0 radical (unpaired) electrons. The second-order valence-electron chi connectivity index (χ2n) is 4.34. The van der Waals surface area contributed by atoms with Crippen LogP contribution < -0.4 is 5.32 Å². The van der Waals surface area contributed by atoms with Crippen LogP contribution in [0.1, 0.15) is 18.0 Å². The first-order chi connectivity index (χ1) is 8.27. The number of methoxy groups -OCH3 is 1. The molecule has 3 nitrogen and oxygen atoms in total. The fourth-order valence-electron chi connectivity index (χ4n) is 1.87. The summed E-state index contributed by atoms with van der Waals surface area (Å²) in [6, 6.07) is 11.0. The van der Waals surface area contributed by atoms with Crippen molar-refractivity contribution < 1.29 is 4.74 Å². The second kappa shape index (κ2) is 8.23. The minimum Gasteiger partial charge on any atom is -0.383 e. The SMILES string of the molecule is CNC(CCN(C)CCOC)c1ccccc1. The minimum atomic E-state index is 0.432. The molecule has 0 spiro atoms. The fourth-order valence-corrected chi connectivity index (χ4v) is 1.87. The number of nitrogens with zero attached hydrogens (tertiary/aromatic N) is 1. The summed E-state index contributed by atoms with van der Waals surface area (Å²) >= 11 is 0. The van der Waals surface area contributed by atoms with Crippen LogP contribution >= 0.6 is 0 Å². The van der Waals surface area contributed by atoms with Crippen LogP contribution in [0.3, 0.4) is 0 Å². The topological polar surface area (TPSA) is 24.5 Å². The maximum Gasteiger partial charge on any atom is 0.0589 e. The minimum absolute atomic E-state index is 0.432. The lowest BCUT2D eigenvalue weighted by molar-refractivity contribution is 0.159. The Balaban J connectivity index is 2.38. The van der Waals surface area contributed by atoms with Crippen LogP contribution in [0.5, 0.6) is 0 Å². The lowest BCUT2D eigenvalue weighted by Crippen LogP contribution is -2.27. The van der Waals surface area contributed by atoms with Crippen molar-refractivity contribution in [3.05, 3.63) is 35.9 Å².